The number of hydrogen-bond donors (Lipinski definition) is 2. The van der Waals surface area contributed by atoms with Crippen molar-refractivity contribution in [3.05, 3.63) is 120 Å². The third kappa shape index (κ3) is 9.68. The Morgan fingerprint density at radius 3 is 2.10 bits per heavy atom. The van der Waals surface area contributed by atoms with E-state index in [4.69, 9.17) is 9.88 Å². The zero-order valence-corrected chi connectivity index (χ0v) is 27.4. The van der Waals surface area contributed by atoms with Crippen LogP contribution in [0.1, 0.15) is 29.5 Å². The van der Waals surface area contributed by atoms with Crippen molar-refractivity contribution in [1.82, 2.24) is 10.2 Å². The van der Waals surface area contributed by atoms with Crippen LogP contribution >= 0.6 is 0 Å². The predicted octanol–water partition coefficient (Wildman–Crippen LogP) is 5.79. The van der Waals surface area contributed by atoms with E-state index >= 15 is 0 Å². The fraction of sp³-hybridized carbons (Fsp3) is 0.278. The quantitative estimate of drug-likeness (QED) is 0.193. The van der Waals surface area contributed by atoms with E-state index in [1.165, 1.54) is 30.3 Å². The molecule has 1 aliphatic carbocycles. The van der Waals surface area contributed by atoms with Crippen molar-refractivity contribution >= 4 is 21.8 Å². The molecule has 3 N–H and O–H groups in total. The molecule has 9 nitrogen and oxygen atoms in total. The van der Waals surface area contributed by atoms with Gasteiger partial charge in [-0.3, -0.25) is 9.59 Å². The Balaban J connectivity index is 1.26. The number of ether oxygens (including phenoxy) is 2. The average molecular weight is 696 g/mol. The van der Waals surface area contributed by atoms with Crippen LogP contribution in [0, 0.1) is 11.8 Å². The second kappa shape index (κ2) is 15.2. The van der Waals surface area contributed by atoms with Gasteiger partial charge in [0.1, 0.15) is 5.75 Å². The lowest BCUT2D eigenvalue weighted by atomic mass is 9.93. The van der Waals surface area contributed by atoms with Gasteiger partial charge < -0.3 is 19.7 Å². The van der Waals surface area contributed by atoms with Gasteiger partial charge in [-0.1, -0.05) is 84.9 Å². The number of nitrogens with zero attached hydrogens (tertiary/aromatic N) is 1. The minimum Gasteiger partial charge on any atom is -0.406 e. The molecule has 2 amide bonds. The Bertz CT molecular complexity index is 1850. The molecule has 0 spiro atoms. The molecule has 0 radical (unpaired) electrons. The number of rotatable bonds is 12. The zero-order chi connectivity index (χ0) is 35.2. The highest BCUT2D eigenvalue weighted by Gasteiger charge is 2.44. The van der Waals surface area contributed by atoms with Crippen LogP contribution in [0.3, 0.4) is 0 Å². The van der Waals surface area contributed by atoms with E-state index in [1.54, 1.807) is 54.4 Å². The summed E-state index contributed by atoms with van der Waals surface area (Å²) in [6.07, 6.45) is -4.51. The van der Waals surface area contributed by atoms with E-state index in [-0.39, 0.29) is 41.7 Å². The first-order valence-corrected chi connectivity index (χ1v) is 17.1. The number of primary sulfonamides is 1. The van der Waals surface area contributed by atoms with Crippen LogP contribution in [0.25, 0.3) is 11.1 Å². The first-order valence-electron chi connectivity index (χ1n) is 15.5. The largest absolute Gasteiger partial charge is 0.573 e. The maximum Gasteiger partial charge on any atom is 0.573 e. The molecule has 0 bridgehead atoms. The first kappa shape index (κ1) is 35.6. The van der Waals surface area contributed by atoms with Crippen LogP contribution in [0.4, 0.5) is 13.2 Å². The monoisotopic (exact) mass is 695 g/mol. The number of nitrogens with one attached hydrogen (secondary N) is 1. The molecule has 0 heterocycles. The van der Waals surface area contributed by atoms with E-state index in [0.29, 0.717) is 36.1 Å². The number of sulfonamides is 1. The van der Waals surface area contributed by atoms with Gasteiger partial charge in [0.25, 0.3) is 0 Å². The third-order valence-corrected chi connectivity index (χ3v) is 9.35. The van der Waals surface area contributed by atoms with Crippen molar-refractivity contribution in [2.45, 2.75) is 49.9 Å². The van der Waals surface area contributed by atoms with Crippen molar-refractivity contribution in [3.63, 3.8) is 0 Å². The van der Waals surface area contributed by atoms with E-state index in [0.717, 1.165) is 11.1 Å². The molecular formula is C36H36F3N3O6S. The number of nitrogens with two attached hydrogens (primary N) is 1. The minimum atomic E-state index is -4.81. The van der Waals surface area contributed by atoms with Gasteiger partial charge in [-0.25, -0.2) is 13.6 Å². The van der Waals surface area contributed by atoms with Crippen LogP contribution in [0.5, 0.6) is 5.75 Å². The van der Waals surface area contributed by atoms with E-state index in [9.17, 15) is 31.2 Å². The molecule has 4 aromatic carbocycles. The molecule has 0 saturated heterocycles. The standard InChI is InChI=1S/C36H36F3N3O6S/c1-42(22-25-11-15-27(16-12-25)30-9-5-6-10-33(30)49(40,45)46)35(44)32-20-29(47-23-26-7-3-2-4-8-26)19-31(32)34(43)41-21-24-13-17-28(18-14-24)48-36(37,38)39/h2-18,29,31-32H,19-23H2,1H3,(H,41,43)(H2,40,45,46)/t29?,31-,32?/m1/s1. The van der Waals surface area contributed by atoms with Gasteiger partial charge in [-0.15, -0.1) is 13.2 Å². The fourth-order valence-electron chi connectivity index (χ4n) is 5.99. The molecule has 1 saturated carbocycles. The lowest BCUT2D eigenvalue weighted by molar-refractivity contribution is -0.274. The first-order chi connectivity index (χ1) is 23.3. The highest BCUT2D eigenvalue weighted by Crippen LogP contribution is 2.36. The molecule has 13 heteroatoms. The lowest BCUT2D eigenvalue weighted by Crippen LogP contribution is -2.40. The highest BCUT2D eigenvalue weighted by atomic mass is 32.2. The Morgan fingerprint density at radius 2 is 1.45 bits per heavy atom. The van der Waals surface area contributed by atoms with E-state index in [1.807, 2.05) is 30.3 Å². The summed E-state index contributed by atoms with van der Waals surface area (Å²) in [5.74, 6) is -2.32. The van der Waals surface area contributed by atoms with Crippen molar-refractivity contribution in [3.8, 4) is 16.9 Å². The summed E-state index contributed by atoms with van der Waals surface area (Å²) in [7, 11) is -2.28. The van der Waals surface area contributed by atoms with Gasteiger partial charge in [0, 0.05) is 25.7 Å². The lowest BCUT2D eigenvalue weighted by Gasteiger charge is -2.25. The molecule has 1 fully saturated rings. The van der Waals surface area contributed by atoms with Gasteiger partial charge in [-0.2, -0.15) is 0 Å². The number of carbonyl (C=O) groups excluding carboxylic acids is 2. The summed E-state index contributed by atoms with van der Waals surface area (Å²) in [4.78, 5) is 28.9. The van der Waals surface area contributed by atoms with Crippen LogP contribution < -0.4 is 15.2 Å². The Hall–Kier alpha value is -4.72. The Kier molecular flexibility index (Phi) is 11.1. The number of carbonyl (C=O) groups is 2. The smallest absolute Gasteiger partial charge is 0.406 e. The number of benzene rings is 4. The number of hydrogen-bond acceptors (Lipinski definition) is 6. The molecule has 1 aliphatic rings. The van der Waals surface area contributed by atoms with E-state index < -0.39 is 28.2 Å². The molecule has 5 rings (SSSR count). The van der Waals surface area contributed by atoms with Crippen molar-refractivity contribution in [2.75, 3.05) is 7.05 Å². The number of amides is 2. The number of alkyl halides is 3. The number of halogens is 3. The molecule has 0 aliphatic heterocycles. The second-order valence-electron chi connectivity index (χ2n) is 11.9. The molecule has 4 aromatic rings. The molecular weight excluding hydrogens is 659 g/mol. The van der Waals surface area contributed by atoms with Gasteiger partial charge >= 0.3 is 6.36 Å². The normalized spacial score (nSPS) is 17.8. The summed E-state index contributed by atoms with van der Waals surface area (Å²) >= 11 is 0. The molecule has 49 heavy (non-hydrogen) atoms. The summed E-state index contributed by atoms with van der Waals surface area (Å²) < 4.78 is 71.8. The zero-order valence-electron chi connectivity index (χ0n) is 26.6. The van der Waals surface area contributed by atoms with Gasteiger partial charge in [-0.05, 0) is 53.3 Å². The maximum absolute atomic E-state index is 13.9. The van der Waals surface area contributed by atoms with Gasteiger partial charge in [0.2, 0.25) is 21.8 Å². The average Bonchev–Trinajstić information content (AvgIpc) is 3.51. The minimum absolute atomic E-state index is 0.0112. The summed E-state index contributed by atoms with van der Waals surface area (Å²) in [5, 5.41) is 8.23. The predicted molar refractivity (Wildman–Crippen MR) is 176 cm³/mol. The van der Waals surface area contributed by atoms with Crippen LogP contribution in [0.2, 0.25) is 0 Å². The Labute approximate surface area is 282 Å². The maximum atomic E-state index is 13.9. The van der Waals surface area contributed by atoms with Crippen molar-refractivity contribution in [1.29, 1.82) is 0 Å². The second-order valence-corrected chi connectivity index (χ2v) is 13.5. The van der Waals surface area contributed by atoms with Crippen molar-refractivity contribution < 1.29 is 40.7 Å². The van der Waals surface area contributed by atoms with Crippen molar-refractivity contribution in [2.24, 2.45) is 17.0 Å². The summed E-state index contributed by atoms with van der Waals surface area (Å²) in [5.41, 5.74) is 3.43. The highest BCUT2D eigenvalue weighted by molar-refractivity contribution is 7.89. The van der Waals surface area contributed by atoms with Crippen LogP contribution in [-0.4, -0.2) is 44.6 Å². The topological polar surface area (TPSA) is 128 Å². The van der Waals surface area contributed by atoms with Crippen LogP contribution in [-0.2, 0) is 44.0 Å². The van der Waals surface area contributed by atoms with E-state index in [2.05, 4.69) is 10.1 Å². The summed E-state index contributed by atoms with van der Waals surface area (Å²) in [6.45, 7) is 0.613. The fourth-order valence-corrected chi connectivity index (χ4v) is 6.75. The molecule has 2 unspecified atom stereocenters. The van der Waals surface area contributed by atoms with Gasteiger partial charge in [0.05, 0.1) is 29.4 Å². The van der Waals surface area contributed by atoms with Gasteiger partial charge in [0.15, 0.2) is 0 Å². The molecule has 3 atom stereocenters. The van der Waals surface area contributed by atoms with Crippen LogP contribution in [0.15, 0.2) is 108 Å². The third-order valence-electron chi connectivity index (χ3n) is 8.38. The SMILES string of the molecule is CN(Cc1ccc(-c2ccccc2S(N)(=O)=O)cc1)C(=O)C1CC(OCc2ccccc2)C[C@H]1C(=O)NCc1ccc(OC(F)(F)F)cc1. The molecule has 258 valence electrons. The summed E-state index contributed by atoms with van der Waals surface area (Å²) in [6, 6.07) is 28.3. The Morgan fingerprint density at radius 1 is 0.837 bits per heavy atom. The molecule has 0 aromatic heterocycles.